The third kappa shape index (κ3) is 4.42. The molecule has 1 atom stereocenters. The first-order valence-corrected chi connectivity index (χ1v) is 8.99. The van der Waals surface area contributed by atoms with Gasteiger partial charge in [-0.05, 0) is 43.4 Å². The quantitative estimate of drug-likeness (QED) is 0.441. The van der Waals surface area contributed by atoms with Gasteiger partial charge < -0.3 is 10.2 Å². The second kappa shape index (κ2) is 9.04. The highest BCUT2D eigenvalue weighted by Gasteiger charge is 2.27. The summed E-state index contributed by atoms with van der Waals surface area (Å²) < 4.78 is 0. The van der Waals surface area contributed by atoms with E-state index < -0.39 is 0 Å². The highest BCUT2D eigenvalue weighted by molar-refractivity contribution is 14.0. The molecule has 2 heterocycles. The number of anilines is 1. The van der Waals surface area contributed by atoms with Crippen molar-refractivity contribution in [3.05, 3.63) is 29.8 Å². The van der Waals surface area contributed by atoms with E-state index in [1.54, 1.807) is 0 Å². The number of rotatable bonds is 4. The van der Waals surface area contributed by atoms with Gasteiger partial charge in [0.1, 0.15) is 0 Å². The summed E-state index contributed by atoms with van der Waals surface area (Å²) in [5.74, 6) is 1.76. The van der Waals surface area contributed by atoms with Crippen LogP contribution >= 0.6 is 24.0 Å². The van der Waals surface area contributed by atoms with Gasteiger partial charge in [0.15, 0.2) is 5.96 Å². The summed E-state index contributed by atoms with van der Waals surface area (Å²) in [6.07, 6.45) is 3.73. The number of likely N-dealkylation sites (tertiary alicyclic amines) is 1. The van der Waals surface area contributed by atoms with Gasteiger partial charge in [-0.15, -0.1) is 24.0 Å². The molecular weight excluding hydrogens is 411 g/mol. The molecule has 2 aliphatic heterocycles. The number of benzene rings is 1. The van der Waals surface area contributed by atoms with Crippen LogP contribution in [0.25, 0.3) is 0 Å². The van der Waals surface area contributed by atoms with Crippen molar-refractivity contribution in [3.63, 3.8) is 0 Å². The third-order valence-electron chi connectivity index (χ3n) is 4.95. The van der Waals surface area contributed by atoms with E-state index in [-0.39, 0.29) is 24.0 Å². The smallest absolute Gasteiger partial charge is 0.198 e. The monoisotopic (exact) mass is 442 g/mol. The molecule has 0 aliphatic carbocycles. The topological polar surface area (TPSA) is 30.9 Å². The standard InChI is InChI=1S/C19H30N4.HI/c1-15(2)14-22-11-6-8-17(22)13-21-19(20-3)23-12-10-16-7-4-5-9-18(16)23;/h4-5,7,9,15,17H,6,8,10-14H2,1-3H3,(H,20,21);1H/t17-;/m1./s1. The van der Waals surface area contributed by atoms with Gasteiger partial charge in [0.25, 0.3) is 0 Å². The van der Waals surface area contributed by atoms with Gasteiger partial charge in [-0.3, -0.25) is 9.89 Å². The second-order valence-corrected chi connectivity index (χ2v) is 7.14. The number of halogens is 1. The molecule has 0 bridgehead atoms. The molecule has 0 aromatic heterocycles. The number of nitrogens with zero attached hydrogens (tertiary/aromatic N) is 3. The SMILES string of the molecule is CN=C(NC[C@H]1CCCN1CC(C)C)N1CCc2ccccc21.I. The first-order valence-electron chi connectivity index (χ1n) is 8.99. The number of aliphatic imine (C=N–C) groups is 1. The van der Waals surface area contributed by atoms with Gasteiger partial charge in [-0.2, -0.15) is 0 Å². The van der Waals surface area contributed by atoms with E-state index in [4.69, 9.17) is 0 Å². The lowest BCUT2D eigenvalue weighted by Crippen LogP contribution is -2.47. The van der Waals surface area contributed by atoms with Crippen LogP contribution in [0.5, 0.6) is 0 Å². The molecule has 134 valence electrons. The molecule has 2 aliphatic rings. The molecule has 4 nitrogen and oxygen atoms in total. The molecule has 0 saturated carbocycles. The fraction of sp³-hybridized carbons (Fsp3) is 0.632. The maximum atomic E-state index is 4.53. The number of para-hydroxylation sites is 1. The fourth-order valence-electron chi connectivity index (χ4n) is 3.90. The predicted octanol–water partition coefficient (Wildman–Crippen LogP) is 3.36. The normalized spacial score (nSPS) is 21.1. The van der Waals surface area contributed by atoms with Crippen LogP contribution < -0.4 is 10.2 Å². The Labute approximate surface area is 163 Å². The molecule has 1 saturated heterocycles. The van der Waals surface area contributed by atoms with E-state index in [0.717, 1.165) is 31.4 Å². The van der Waals surface area contributed by atoms with Gasteiger partial charge in [0.05, 0.1) is 0 Å². The van der Waals surface area contributed by atoms with Crippen LogP contribution in [-0.2, 0) is 6.42 Å². The number of hydrogen-bond acceptors (Lipinski definition) is 2. The summed E-state index contributed by atoms with van der Waals surface area (Å²) in [4.78, 5) is 9.50. The molecule has 1 aromatic carbocycles. The van der Waals surface area contributed by atoms with Gasteiger partial charge >= 0.3 is 0 Å². The Morgan fingerprint density at radius 3 is 2.83 bits per heavy atom. The first-order chi connectivity index (χ1) is 11.2. The van der Waals surface area contributed by atoms with E-state index in [0.29, 0.717) is 6.04 Å². The maximum Gasteiger partial charge on any atom is 0.198 e. The summed E-state index contributed by atoms with van der Waals surface area (Å²) in [6.45, 7) is 9.09. The first kappa shape index (κ1) is 19.5. The molecule has 5 heteroatoms. The third-order valence-corrected chi connectivity index (χ3v) is 4.95. The molecule has 1 fully saturated rings. The molecule has 3 rings (SSSR count). The Bertz CT molecular complexity index is 558. The summed E-state index contributed by atoms with van der Waals surface area (Å²) in [6, 6.07) is 9.32. The van der Waals surface area contributed by atoms with E-state index in [1.807, 2.05) is 7.05 Å². The molecule has 1 N–H and O–H groups in total. The van der Waals surface area contributed by atoms with Crippen molar-refractivity contribution in [2.45, 2.75) is 39.2 Å². The molecule has 0 amide bonds. The Morgan fingerprint density at radius 1 is 1.29 bits per heavy atom. The van der Waals surface area contributed by atoms with E-state index in [9.17, 15) is 0 Å². The molecular formula is C19H31IN4. The van der Waals surface area contributed by atoms with Crippen LogP contribution in [0.4, 0.5) is 5.69 Å². The Kier molecular flexibility index (Phi) is 7.34. The Hall–Kier alpha value is -0.820. The zero-order valence-electron chi connectivity index (χ0n) is 15.2. The molecule has 0 spiro atoms. The minimum Gasteiger partial charge on any atom is -0.354 e. The van der Waals surface area contributed by atoms with Crippen molar-refractivity contribution in [2.24, 2.45) is 10.9 Å². The molecule has 0 unspecified atom stereocenters. The van der Waals surface area contributed by atoms with E-state index in [2.05, 4.69) is 58.2 Å². The minimum atomic E-state index is 0. The van der Waals surface area contributed by atoms with Crippen LogP contribution in [-0.4, -0.2) is 50.1 Å². The number of guanidine groups is 1. The van der Waals surface area contributed by atoms with Crippen molar-refractivity contribution in [3.8, 4) is 0 Å². The van der Waals surface area contributed by atoms with Crippen molar-refractivity contribution >= 4 is 35.6 Å². The van der Waals surface area contributed by atoms with Crippen LogP contribution in [0.1, 0.15) is 32.3 Å². The Morgan fingerprint density at radius 2 is 2.08 bits per heavy atom. The number of fused-ring (bicyclic) bond motifs is 1. The highest BCUT2D eigenvalue weighted by Crippen LogP contribution is 2.27. The largest absolute Gasteiger partial charge is 0.354 e. The number of nitrogens with one attached hydrogen (secondary N) is 1. The van der Waals surface area contributed by atoms with Crippen molar-refractivity contribution in [1.29, 1.82) is 0 Å². The van der Waals surface area contributed by atoms with Crippen LogP contribution in [0.3, 0.4) is 0 Å². The van der Waals surface area contributed by atoms with Gasteiger partial charge in [-0.1, -0.05) is 32.0 Å². The summed E-state index contributed by atoms with van der Waals surface area (Å²) in [5, 5.41) is 3.63. The minimum absolute atomic E-state index is 0. The fourth-order valence-corrected chi connectivity index (χ4v) is 3.90. The van der Waals surface area contributed by atoms with Gasteiger partial charge in [0, 0.05) is 38.4 Å². The van der Waals surface area contributed by atoms with Crippen molar-refractivity contribution < 1.29 is 0 Å². The van der Waals surface area contributed by atoms with Crippen molar-refractivity contribution in [2.75, 3.05) is 38.1 Å². The van der Waals surface area contributed by atoms with Gasteiger partial charge in [-0.25, -0.2) is 0 Å². The zero-order valence-corrected chi connectivity index (χ0v) is 17.5. The lowest BCUT2D eigenvalue weighted by atomic mass is 10.1. The summed E-state index contributed by atoms with van der Waals surface area (Å²) in [7, 11) is 1.89. The van der Waals surface area contributed by atoms with E-state index >= 15 is 0 Å². The molecule has 0 radical (unpaired) electrons. The molecule has 1 aromatic rings. The zero-order chi connectivity index (χ0) is 16.2. The highest BCUT2D eigenvalue weighted by atomic mass is 127. The average Bonchev–Trinajstić information content (AvgIpc) is 3.15. The Balaban J connectivity index is 0.00000208. The lowest BCUT2D eigenvalue weighted by molar-refractivity contribution is 0.227. The van der Waals surface area contributed by atoms with Crippen LogP contribution in [0.2, 0.25) is 0 Å². The lowest BCUT2D eigenvalue weighted by Gasteiger charge is -2.29. The van der Waals surface area contributed by atoms with Crippen LogP contribution in [0, 0.1) is 5.92 Å². The second-order valence-electron chi connectivity index (χ2n) is 7.14. The van der Waals surface area contributed by atoms with E-state index in [1.165, 1.54) is 37.2 Å². The summed E-state index contributed by atoms with van der Waals surface area (Å²) in [5.41, 5.74) is 2.74. The number of hydrogen-bond donors (Lipinski definition) is 1. The van der Waals surface area contributed by atoms with Gasteiger partial charge in [0.2, 0.25) is 0 Å². The molecule has 24 heavy (non-hydrogen) atoms. The maximum absolute atomic E-state index is 4.53. The summed E-state index contributed by atoms with van der Waals surface area (Å²) >= 11 is 0. The van der Waals surface area contributed by atoms with Crippen molar-refractivity contribution in [1.82, 2.24) is 10.2 Å². The van der Waals surface area contributed by atoms with Crippen LogP contribution in [0.15, 0.2) is 29.3 Å². The predicted molar refractivity (Wildman–Crippen MR) is 114 cm³/mol. The average molecular weight is 442 g/mol.